The van der Waals surface area contributed by atoms with Gasteiger partial charge in [0.15, 0.2) is 0 Å². The Morgan fingerprint density at radius 2 is 2.00 bits per heavy atom. The first-order valence-corrected chi connectivity index (χ1v) is 6.37. The lowest BCUT2D eigenvalue weighted by molar-refractivity contribution is 0.883. The minimum atomic E-state index is 0.876. The van der Waals surface area contributed by atoms with Crippen molar-refractivity contribution in [2.45, 2.75) is 19.9 Å². The van der Waals surface area contributed by atoms with E-state index in [4.69, 9.17) is 0 Å². The van der Waals surface area contributed by atoms with Gasteiger partial charge in [0, 0.05) is 18.1 Å². The van der Waals surface area contributed by atoms with E-state index in [0.29, 0.717) is 0 Å². The summed E-state index contributed by atoms with van der Waals surface area (Å²) in [6.07, 6.45) is 1.03. The van der Waals surface area contributed by atoms with Gasteiger partial charge in [-0.1, -0.05) is 25.1 Å². The summed E-state index contributed by atoms with van der Waals surface area (Å²) in [6, 6.07) is 10.4. The average Bonchev–Trinajstić information content (AvgIpc) is 2.78. The molecule has 0 unspecified atom stereocenters. The third-order valence-electron chi connectivity index (χ3n) is 2.50. The van der Waals surface area contributed by atoms with Crippen molar-refractivity contribution in [1.29, 1.82) is 0 Å². The van der Waals surface area contributed by atoms with Crippen LogP contribution in [-0.4, -0.2) is 12.0 Å². The predicted octanol–water partition coefficient (Wildman–Crippen LogP) is 3.34. The lowest BCUT2D eigenvalue weighted by atomic mass is 10.3. The number of thiazole rings is 1. The van der Waals surface area contributed by atoms with Gasteiger partial charge in [-0.15, -0.1) is 11.3 Å². The molecular formula is C13H16N2S. The molecule has 0 saturated carbocycles. The molecule has 1 aromatic carbocycles. The van der Waals surface area contributed by atoms with Crippen LogP contribution in [0.1, 0.15) is 17.6 Å². The molecule has 2 nitrogen and oxygen atoms in total. The third-order valence-corrected chi connectivity index (χ3v) is 3.54. The molecule has 2 aromatic rings. The van der Waals surface area contributed by atoms with Crippen molar-refractivity contribution in [2.75, 3.05) is 11.9 Å². The molecule has 0 fully saturated rings. The van der Waals surface area contributed by atoms with E-state index in [2.05, 4.69) is 53.5 Å². The number of hydrogen-bond acceptors (Lipinski definition) is 3. The van der Waals surface area contributed by atoms with Crippen LogP contribution >= 0.6 is 11.3 Å². The summed E-state index contributed by atoms with van der Waals surface area (Å²) in [6.45, 7) is 3.02. The lowest BCUT2D eigenvalue weighted by Gasteiger charge is -2.17. The number of hydrogen-bond donors (Lipinski definition) is 0. The zero-order chi connectivity index (χ0) is 11.4. The molecule has 0 amide bonds. The van der Waals surface area contributed by atoms with E-state index in [1.165, 1.54) is 10.7 Å². The molecule has 0 spiro atoms. The molecule has 1 aromatic heterocycles. The monoisotopic (exact) mass is 232 g/mol. The third kappa shape index (κ3) is 2.61. The zero-order valence-electron chi connectivity index (χ0n) is 9.68. The Kier molecular flexibility index (Phi) is 3.57. The van der Waals surface area contributed by atoms with Crippen LogP contribution in [0.2, 0.25) is 0 Å². The predicted molar refractivity (Wildman–Crippen MR) is 70.0 cm³/mol. The minimum absolute atomic E-state index is 0.876. The average molecular weight is 232 g/mol. The minimum Gasteiger partial charge on any atom is -0.369 e. The molecule has 0 aliphatic heterocycles. The lowest BCUT2D eigenvalue weighted by Crippen LogP contribution is -2.16. The van der Waals surface area contributed by atoms with Gasteiger partial charge in [-0.2, -0.15) is 0 Å². The first-order chi connectivity index (χ1) is 7.79. The van der Waals surface area contributed by atoms with Crippen LogP contribution < -0.4 is 4.90 Å². The van der Waals surface area contributed by atoms with Crippen molar-refractivity contribution in [2.24, 2.45) is 0 Å². The quantitative estimate of drug-likeness (QED) is 0.803. The van der Waals surface area contributed by atoms with E-state index >= 15 is 0 Å². The second-order valence-electron chi connectivity index (χ2n) is 3.78. The van der Waals surface area contributed by atoms with E-state index in [-0.39, 0.29) is 0 Å². The highest BCUT2D eigenvalue weighted by Gasteiger charge is 2.04. The van der Waals surface area contributed by atoms with Gasteiger partial charge in [0.2, 0.25) is 0 Å². The summed E-state index contributed by atoms with van der Waals surface area (Å²) >= 11 is 1.75. The summed E-state index contributed by atoms with van der Waals surface area (Å²) in [4.78, 5) is 6.79. The van der Waals surface area contributed by atoms with E-state index in [9.17, 15) is 0 Å². The second kappa shape index (κ2) is 5.12. The smallest absolute Gasteiger partial charge is 0.0926 e. The molecule has 0 N–H and O–H groups in total. The highest BCUT2D eigenvalue weighted by Crippen LogP contribution is 2.16. The maximum absolute atomic E-state index is 4.57. The zero-order valence-corrected chi connectivity index (χ0v) is 10.5. The van der Waals surface area contributed by atoms with Crippen LogP contribution in [0.15, 0.2) is 35.7 Å². The molecule has 0 saturated heterocycles. The molecule has 0 aliphatic carbocycles. The molecule has 1 heterocycles. The van der Waals surface area contributed by atoms with E-state index in [0.717, 1.165) is 18.7 Å². The first kappa shape index (κ1) is 11.1. The van der Waals surface area contributed by atoms with Crippen LogP contribution in [0.4, 0.5) is 5.69 Å². The highest BCUT2D eigenvalue weighted by molar-refractivity contribution is 7.09. The molecule has 2 rings (SSSR count). The Morgan fingerprint density at radius 3 is 2.62 bits per heavy atom. The highest BCUT2D eigenvalue weighted by atomic mass is 32.1. The molecule has 0 atom stereocenters. The number of aryl methyl sites for hydroxylation is 1. The van der Waals surface area contributed by atoms with Crippen LogP contribution in [-0.2, 0) is 13.0 Å². The van der Waals surface area contributed by atoms with E-state index < -0.39 is 0 Å². The Bertz CT molecular complexity index is 436. The Hall–Kier alpha value is -1.35. The maximum atomic E-state index is 4.57. The van der Waals surface area contributed by atoms with Crippen molar-refractivity contribution in [1.82, 2.24) is 4.98 Å². The number of aromatic nitrogens is 1. The summed E-state index contributed by atoms with van der Waals surface area (Å²) in [5, 5.41) is 3.37. The molecule has 16 heavy (non-hydrogen) atoms. The summed E-state index contributed by atoms with van der Waals surface area (Å²) in [7, 11) is 2.10. The normalized spacial score (nSPS) is 10.4. The summed E-state index contributed by atoms with van der Waals surface area (Å²) in [5.74, 6) is 0. The molecule has 0 radical (unpaired) electrons. The fourth-order valence-electron chi connectivity index (χ4n) is 1.60. The van der Waals surface area contributed by atoms with Crippen LogP contribution in [0.3, 0.4) is 0 Å². The largest absolute Gasteiger partial charge is 0.369 e. The Balaban J connectivity index is 2.05. The topological polar surface area (TPSA) is 16.1 Å². The van der Waals surface area contributed by atoms with Gasteiger partial charge in [-0.25, -0.2) is 4.98 Å². The summed E-state index contributed by atoms with van der Waals surface area (Å²) < 4.78 is 0. The number of anilines is 1. The number of benzene rings is 1. The van der Waals surface area contributed by atoms with Gasteiger partial charge >= 0.3 is 0 Å². The fourth-order valence-corrected chi connectivity index (χ4v) is 2.34. The number of rotatable bonds is 4. The standard InChI is InChI=1S/C13H16N2S/c1-3-13-14-11(10-16-13)9-15(2)12-7-5-4-6-8-12/h4-8,10H,3,9H2,1-2H3. The van der Waals surface area contributed by atoms with Gasteiger partial charge in [0.1, 0.15) is 0 Å². The van der Waals surface area contributed by atoms with Crippen molar-refractivity contribution in [3.63, 3.8) is 0 Å². The van der Waals surface area contributed by atoms with Gasteiger partial charge in [-0.3, -0.25) is 0 Å². The van der Waals surface area contributed by atoms with Gasteiger partial charge in [0.05, 0.1) is 17.2 Å². The van der Waals surface area contributed by atoms with Gasteiger partial charge < -0.3 is 4.90 Å². The van der Waals surface area contributed by atoms with Crippen molar-refractivity contribution in [3.05, 3.63) is 46.4 Å². The molecular weight excluding hydrogens is 216 g/mol. The van der Waals surface area contributed by atoms with Gasteiger partial charge in [-0.05, 0) is 18.6 Å². The summed E-state index contributed by atoms with van der Waals surface area (Å²) in [5.41, 5.74) is 2.39. The van der Waals surface area contributed by atoms with Crippen molar-refractivity contribution >= 4 is 17.0 Å². The molecule has 0 bridgehead atoms. The Morgan fingerprint density at radius 1 is 1.25 bits per heavy atom. The molecule has 3 heteroatoms. The van der Waals surface area contributed by atoms with Crippen molar-refractivity contribution < 1.29 is 0 Å². The van der Waals surface area contributed by atoms with Crippen LogP contribution in [0, 0.1) is 0 Å². The molecule has 84 valence electrons. The molecule has 0 aliphatic rings. The van der Waals surface area contributed by atoms with E-state index in [1.807, 2.05) is 6.07 Å². The SMILES string of the molecule is CCc1nc(CN(C)c2ccccc2)cs1. The van der Waals surface area contributed by atoms with Gasteiger partial charge in [0.25, 0.3) is 0 Å². The number of nitrogens with zero attached hydrogens (tertiary/aromatic N) is 2. The first-order valence-electron chi connectivity index (χ1n) is 5.49. The maximum Gasteiger partial charge on any atom is 0.0926 e. The van der Waals surface area contributed by atoms with Crippen LogP contribution in [0.5, 0.6) is 0 Å². The Labute approximate surface area is 101 Å². The van der Waals surface area contributed by atoms with Crippen LogP contribution in [0.25, 0.3) is 0 Å². The van der Waals surface area contributed by atoms with E-state index in [1.54, 1.807) is 11.3 Å². The second-order valence-corrected chi connectivity index (χ2v) is 4.72. The number of para-hydroxylation sites is 1. The van der Waals surface area contributed by atoms with Crippen molar-refractivity contribution in [3.8, 4) is 0 Å². The fraction of sp³-hybridized carbons (Fsp3) is 0.308.